The summed E-state index contributed by atoms with van der Waals surface area (Å²) < 4.78 is 0. The van der Waals surface area contributed by atoms with Crippen LogP contribution in [0.4, 0.5) is 0 Å². The summed E-state index contributed by atoms with van der Waals surface area (Å²) in [5.74, 6) is 7.34. The van der Waals surface area contributed by atoms with E-state index >= 15 is 0 Å². The minimum Gasteiger partial charge on any atom is -0.0579 e. The van der Waals surface area contributed by atoms with Gasteiger partial charge in [-0.05, 0) is 183 Å². The summed E-state index contributed by atoms with van der Waals surface area (Å²) in [5.41, 5.74) is 14.6. The third-order valence-electron chi connectivity index (χ3n) is 9.70. The molecule has 4 fully saturated rings. The third-order valence-corrected chi connectivity index (χ3v) is 9.70. The van der Waals surface area contributed by atoms with Gasteiger partial charge in [0.25, 0.3) is 0 Å². The van der Waals surface area contributed by atoms with Crippen LogP contribution in [0.25, 0.3) is 0 Å². The zero-order chi connectivity index (χ0) is 24.5. The van der Waals surface area contributed by atoms with E-state index in [2.05, 4.69) is 34.6 Å². The van der Waals surface area contributed by atoms with E-state index in [9.17, 15) is 0 Å². The SMILES string of the molecule is C1CC2=C3CCCC4=C(C1)C1=C4CCCC3=C2CCC1.C[C]1[C](C)[C](C)[C](C)[C]1C.[CH]1[CH][CH][CH][CH]1.[Co+2].[Co]. The molecular formula is C35H44Co2+2. The number of hydrogen-bond donors (Lipinski definition) is 0. The van der Waals surface area contributed by atoms with E-state index in [1.807, 2.05) is 76.7 Å². The molecule has 8 rings (SSSR count). The summed E-state index contributed by atoms with van der Waals surface area (Å²) in [5, 5.41) is 0. The van der Waals surface area contributed by atoms with E-state index in [0.29, 0.717) is 0 Å². The standard InChI is InChI=1S/C20H24.C10H15.C5H5.2Co/c1-5-13-15-7-2-8-16-14(6-1)18-10-3-9-17(13)19(15)11-4-12-20(16)18;1-6-7(2)9(4)10(5)8(6)3;1-2-4-5-3-1;;/h1-12H2;1-5H3;1-5H;;/q;;;;+2. The van der Waals surface area contributed by atoms with Gasteiger partial charge in [-0.25, -0.2) is 0 Å². The molecule has 0 aromatic heterocycles. The zero-order valence-electron chi connectivity index (χ0n) is 23.5. The van der Waals surface area contributed by atoms with Gasteiger partial charge in [0.15, 0.2) is 0 Å². The summed E-state index contributed by atoms with van der Waals surface area (Å²) >= 11 is 0. The molecule has 0 aromatic carbocycles. The Bertz CT molecular complexity index is 690. The van der Waals surface area contributed by atoms with Crippen LogP contribution in [0.5, 0.6) is 0 Å². The van der Waals surface area contributed by atoms with E-state index < -0.39 is 0 Å². The molecule has 0 aliphatic heterocycles. The molecule has 0 nitrogen and oxygen atoms in total. The maximum absolute atomic E-state index is 2.20. The number of hydrogen-bond acceptors (Lipinski definition) is 0. The van der Waals surface area contributed by atoms with Crippen molar-refractivity contribution in [1.29, 1.82) is 0 Å². The van der Waals surface area contributed by atoms with Gasteiger partial charge in [0.05, 0.1) is 0 Å². The Morgan fingerprint density at radius 1 is 0.324 bits per heavy atom. The molecule has 2 heteroatoms. The van der Waals surface area contributed by atoms with Crippen molar-refractivity contribution in [3.63, 3.8) is 0 Å². The maximum atomic E-state index is 2.20. The van der Waals surface area contributed by atoms with Crippen LogP contribution in [-0.2, 0) is 33.6 Å². The molecule has 12 radical (unpaired) electrons. The van der Waals surface area contributed by atoms with Gasteiger partial charge >= 0.3 is 16.8 Å². The number of fused-ring (bicyclic) bond motifs is 8. The van der Waals surface area contributed by atoms with E-state index in [1.165, 1.54) is 107 Å². The fourth-order valence-electron chi connectivity index (χ4n) is 7.24. The molecule has 0 heterocycles. The van der Waals surface area contributed by atoms with Crippen LogP contribution in [-0.4, -0.2) is 0 Å². The molecule has 0 unspecified atom stereocenters. The molecule has 0 atom stereocenters. The first kappa shape index (κ1) is 31.5. The summed E-state index contributed by atoms with van der Waals surface area (Å²) in [6.07, 6.45) is 26.7. The molecule has 200 valence electrons. The smallest absolute Gasteiger partial charge is 0.0579 e. The molecule has 8 bridgehead atoms. The van der Waals surface area contributed by atoms with Gasteiger partial charge in [-0.15, -0.1) is 0 Å². The predicted molar refractivity (Wildman–Crippen MR) is 150 cm³/mol. The average molecular weight is 583 g/mol. The molecule has 0 saturated heterocycles. The van der Waals surface area contributed by atoms with Crippen molar-refractivity contribution >= 4 is 0 Å². The van der Waals surface area contributed by atoms with Gasteiger partial charge < -0.3 is 0 Å². The normalized spacial score (nSPS) is 26.5. The Morgan fingerprint density at radius 2 is 0.459 bits per heavy atom. The first-order chi connectivity index (χ1) is 17.0. The Kier molecular flexibility index (Phi) is 12.0. The van der Waals surface area contributed by atoms with Gasteiger partial charge in [-0.2, -0.15) is 0 Å². The molecule has 8 aliphatic rings. The van der Waals surface area contributed by atoms with Crippen LogP contribution in [0.2, 0.25) is 0 Å². The predicted octanol–water partition coefficient (Wildman–Crippen LogP) is 9.91. The molecule has 0 N–H and O–H groups in total. The van der Waals surface area contributed by atoms with Gasteiger partial charge in [0, 0.05) is 16.8 Å². The van der Waals surface area contributed by atoms with Crippen molar-refractivity contribution in [2.45, 2.75) is 112 Å². The summed E-state index contributed by atoms with van der Waals surface area (Å²) in [7, 11) is 0. The van der Waals surface area contributed by atoms with Crippen LogP contribution in [0.1, 0.15) is 112 Å². The van der Waals surface area contributed by atoms with Crippen molar-refractivity contribution < 1.29 is 33.6 Å². The second-order valence-electron chi connectivity index (χ2n) is 11.3. The van der Waals surface area contributed by atoms with E-state index in [4.69, 9.17) is 0 Å². The van der Waals surface area contributed by atoms with Gasteiger partial charge in [-0.1, -0.05) is 34.6 Å². The van der Waals surface area contributed by atoms with Crippen LogP contribution in [0.15, 0.2) is 44.6 Å². The number of rotatable bonds is 0. The second kappa shape index (κ2) is 14.0. The largest absolute Gasteiger partial charge is 2.00 e. The summed E-state index contributed by atoms with van der Waals surface area (Å²) in [6, 6.07) is 0. The zero-order valence-corrected chi connectivity index (χ0v) is 25.6. The van der Waals surface area contributed by atoms with Crippen LogP contribution in [0, 0.1) is 61.7 Å². The first-order valence-corrected chi connectivity index (χ1v) is 14.2. The molecule has 37 heavy (non-hydrogen) atoms. The Morgan fingerprint density at radius 3 is 0.595 bits per heavy atom. The molecule has 4 saturated carbocycles. The van der Waals surface area contributed by atoms with Crippen molar-refractivity contribution in [2.24, 2.45) is 0 Å². The molecule has 8 aliphatic carbocycles. The molecule has 0 spiro atoms. The molecule has 0 aromatic rings. The van der Waals surface area contributed by atoms with Crippen molar-refractivity contribution in [3.05, 3.63) is 106 Å². The minimum atomic E-state index is 0. The van der Waals surface area contributed by atoms with Gasteiger partial charge in [0.2, 0.25) is 0 Å². The Balaban J connectivity index is 0.000000189. The Labute approximate surface area is 250 Å². The van der Waals surface area contributed by atoms with Crippen LogP contribution >= 0.6 is 0 Å². The topological polar surface area (TPSA) is 0 Å². The van der Waals surface area contributed by atoms with Crippen molar-refractivity contribution in [1.82, 2.24) is 0 Å². The second-order valence-corrected chi connectivity index (χ2v) is 11.3. The van der Waals surface area contributed by atoms with Crippen molar-refractivity contribution in [2.75, 3.05) is 0 Å². The Hall–Kier alpha value is -0.0270. The van der Waals surface area contributed by atoms with E-state index in [0.717, 1.165) is 0 Å². The van der Waals surface area contributed by atoms with Gasteiger partial charge in [-0.3, -0.25) is 0 Å². The summed E-state index contributed by atoms with van der Waals surface area (Å²) in [4.78, 5) is 0. The van der Waals surface area contributed by atoms with Crippen LogP contribution < -0.4 is 0 Å². The first-order valence-electron chi connectivity index (χ1n) is 14.2. The molecule has 0 amide bonds. The molecular weight excluding hydrogens is 538 g/mol. The number of allylic oxidation sites excluding steroid dienone is 8. The third kappa shape index (κ3) is 6.33. The van der Waals surface area contributed by atoms with Gasteiger partial charge in [0.1, 0.15) is 0 Å². The minimum absolute atomic E-state index is 0. The summed E-state index contributed by atoms with van der Waals surface area (Å²) in [6.45, 7) is 11.0. The fourth-order valence-corrected chi connectivity index (χ4v) is 7.24. The van der Waals surface area contributed by atoms with E-state index in [-0.39, 0.29) is 33.6 Å². The maximum Gasteiger partial charge on any atom is 2.00 e. The van der Waals surface area contributed by atoms with Crippen LogP contribution in [0.3, 0.4) is 0 Å². The monoisotopic (exact) mass is 582 g/mol. The fraction of sp³-hybridized carbons (Fsp3) is 0.486. The average Bonchev–Trinajstić information content (AvgIpc) is 3.48. The van der Waals surface area contributed by atoms with E-state index in [1.54, 1.807) is 0 Å². The quantitative estimate of drug-likeness (QED) is 0.267. The van der Waals surface area contributed by atoms with Crippen molar-refractivity contribution in [3.8, 4) is 0 Å².